The number of benzene rings is 2. The highest BCUT2D eigenvalue weighted by Gasteiger charge is 2.18. The van der Waals surface area contributed by atoms with Crippen molar-refractivity contribution in [1.82, 2.24) is 14.6 Å². The normalized spacial score (nSPS) is 10.9. The molecule has 9 heteroatoms. The molecule has 0 atom stereocenters. The number of nitrogens with zero attached hydrogens (tertiary/aromatic N) is 3. The van der Waals surface area contributed by atoms with E-state index < -0.39 is 11.8 Å². The Morgan fingerprint density at radius 1 is 1.23 bits per heavy atom. The predicted octanol–water partition coefficient (Wildman–Crippen LogP) is 4.22. The molecule has 4 N–H and O–H groups in total. The quantitative estimate of drug-likeness (QED) is 0.448. The summed E-state index contributed by atoms with van der Waals surface area (Å²) in [5, 5.41) is 9.39. The van der Waals surface area contributed by atoms with E-state index in [1.165, 1.54) is 18.5 Å². The first-order valence-corrected chi connectivity index (χ1v) is 9.50. The number of hydrogen-bond acceptors (Lipinski definition) is 5. The van der Waals surface area contributed by atoms with Crippen LogP contribution in [-0.2, 0) is 11.3 Å². The van der Waals surface area contributed by atoms with Gasteiger partial charge in [0.15, 0.2) is 5.82 Å². The highest BCUT2D eigenvalue weighted by Crippen LogP contribution is 2.34. The number of ether oxygens (including phenoxy) is 1. The standard InChI is InChI=1S/C22H21FN6O2/c1-13-4-3-5-16(8-13)27-22(30)28-18-7-6-14(9-17(18)23)19-15(11-31-2)10-29-20(19)21(24)25-12-26-29/h3-10,12H,11H2,1-2H3,(H2,24,25,26)(H2,27,28,30). The molecule has 0 spiro atoms. The minimum atomic E-state index is -0.588. The number of urea groups is 1. The Kier molecular flexibility index (Phi) is 5.50. The van der Waals surface area contributed by atoms with Crippen molar-refractivity contribution in [2.24, 2.45) is 0 Å². The third kappa shape index (κ3) is 4.17. The number of anilines is 3. The van der Waals surface area contributed by atoms with Crippen molar-refractivity contribution in [2.45, 2.75) is 13.5 Å². The van der Waals surface area contributed by atoms with Crippen molar-refractivity contribution < 1.29 is 13.9 Å². The van der Waals surface area contributed by atoms with Crippen molar-refractivity contribution in [2.75, 3.05) is 23.5 Å². The van der Waals surface area contributed by atoms with Gasteiger partial charge in [0.05, 0.1) is 12.3 Å². The summed E-state index contributed by atoms with van der Waals surface area (Å²) >= 11 is 0. The number of halogens is 1. The summed E-state index contributed by atoms with van der Waals surface area (Å²) < 4.78 is 21.7. The Morgan fingerprint density at radius 2 is 2.06 bits per heavy atom. The van der Waals surface area contributed by atoms with Crippen LogP contribution in [0.25, 0.3) is 16.6 Å². The average molecular weight is 420 g/mol. The average Bonchev–Trinajstić information content (AvgIpc) is 3.09. The molecule has 2 heterocycles. The summed E-state index contributed by atoms with van der Waals surface area (Å²) in [5.41, 5.74) is 10.3. The largest absolute Gasteiger partial charge is 0.382 e. The van der Waals surface area contributed by atoms with Gasteiger partial charge in [0.25, 0.3) is 0 Å². The summed E-state index contributed by atoms with van der Waals surface area (Å²) in [6.45, 7) is 2.21. The molecule has 0 fully saturated rings. The molecule has 0 aliphatic rings. The Labute approximate surface area is 177 Å². The SMILES string of the molecule is COCc1cn2ncnc(N)c2c1-c1ccc(NC(=O)Nc2cccc(C)c2)c(F)c1. The molecule has 0 unspecified atom stereocenters. The third-order valence-corrected chi connectivity index (χ3v) is 4.76. The minimum absolute atomic E-state index is 0.0509. The Balaban J connectivity index is 1.64. The molecule has 2 aromatic heterocycles. The van der Waals surface area contributed by atoms with Crippen molar-refractivity contribution in [3.05, 3.63) is 71.9 Å². The number of nitrogen functional groups attached to an aromatic ring is 1. The lowest BCUT2D eigenvalue weighted by atomic mass is 10.0. The van der Waals surface area contributed by atoms with Crippen molar-refractivity contribution in [1.29, 1.82) is 0 Å². The molecule has 8 nitrogen and oxygen atoms in total. The molecule has 4 aromatic rings. The maximum absolute atomic E-state index is 14.9. The molecule has 0 bridgehead atoms. The zero-order valence-electron chi connectivity index (χ0n) is 17.0. The Bertz CT molecular complexity index is 1270. The van der Waals surface area contributed by atoms with Gasteiger partial charge in [-0.15, -0.1) is 0 Å². The van der Waals surface area contributed by atoms with Crippen LogP contribution < -0.4 is 16.4 Å². The molecular weight excluding hydrogens is 399 g/mol. The highest BCUT2D eigenvalue weighted by molar-refractivity contribution is 6.00. The third-order valence-electron chi connectivity index (χ3n) is 4.76. The Morgan fingerprint density at radius 3 is 2.81 bits per heavy atom. The van der Waals surface area contributed by atoms with E-state index in [0.717, 1.165) is 11.1 Å². The fourth-order valence-corrected chi connectivity index (χ4v) is 3.45. The number of carbonyl (C=O) groups is 1. The van der Waals surface area contributed by atoms with Gasteiger partial charge in [-0.25, -0.2) is 18.7 Å². The summed E-state index contributed by atoms with van der Waals surface area (Å²) in [6, 6.07) is 11.3. The van der Waals surface area contributed by atoms with Crippen LogP contribution in [0.4, 0.5) is 26.4 Å². The lowest BCUT2D eigenvalue weighted by Crippen LogP contribution is -2.20. The van der Waals surface area contributed by atoms with Gasteiger partial charge in [-0.3, -0.25) is 0 Å². The number of aromatic nitrogens is 3. The molecule has 2 aromatic carbocycles. The molecule has 31 heavy (non-hydrogen) atoms. The maximum Gasteiger partial charge on any atom is 0.323 e. The van der Waals surface area contributed by atoms with Gasteiger partial charge in [0.2, 0.25) is 0 Å². The number of hydrogen-bond donors (Lipinski definition) is 3. The zero-order chi connectivity index (χ0) is 22.0. The first-order chi connectivity index (χ1) is 15.0. The summed E-state index contributed by atoms with van der Waals surface area (Å²) in [4.78, 5) is 16.3. The molecule has 0 saturated heterocycles. The number of amides is 2. The highest BCUT2D eigenvalue weighted by atomic mass is 19.1. The number of nitrogens with one attached hydrogen (secondary N) is 2. The van der Waals surface area contributed by atoms with Gasteiger partial charge < -0.3 is 21.1 Å². The van der Waals surface area contributed by atoms with E-state index in [1.54, 1.807) is 30.0 Å². The van der Waals surface area contributed by atoms with E-state index in [9.17, 15) is 9.18 Å². The molecular formula is C22H21FN6O2. The van der Waals surface area contributed by atoms with Crippen LogP contribution in [0.3, 0.4) is 0 Å². The van der Waals surface area contributed by atoms with Crippen molar-refractivity contribution in [3.63, 3.8) is 0 Å². The van der Waals surface area contributed by atoms with Gasteiger partial charge >= 0.3 is 6.03 Å². The van der Waals surface area contributed by atoms with Crippen LogP contribution in [0.2, 0.25) is 0 Å². The number of aryl methyl sites for hydroxylation is 1. The van der Waals surface area contributed by atoms with Gasteiger partial charge in [-0.2, -0.15) is 5.10 Å². The smallest absolute Gasteiger partial charge is 0.323 e. The topological polar surface area (TPSA) is 107 Å². The molecule has 0 aliphatic heterocycles. The molecule has 0 radical (unpaired) electrons. The Hall–Kier alpha value is -3.98. The van der Waals surface area contributed by atoms with E-state index >= 15 is 0 Å². The predicted molar refractivity (Wildman–Crippen MR) is 117 cm³/mol. The van der Waals surface area contributed by atoms with Crippen LogP contribution in [0.15, 0.2) is 55.0 Å². The van der Waals surface area contributed by atoms with Crippen LogP contribution in [0.1, 0.15) is 11.1 Å². The zero-order valence-corrected chi connectivity index (χ0v) is 17.0. The monoisotopic (exact) mass is 420 g/mol. The fraction of sp³-hybridized carbons (Fsp3) is 0.136. The molecule has 4 rings (SSSR count). The van der Waals surface area contributed by atoms with E-state index in [1.807, 2.05) is 25.1 Å². The second-order valence-electron chi connectivity index (χ2n) is 7.04. The van der Waals surface area contributed by atoms with Gasteiger partial charge in [0.1, 0.15) is 17.7 Å². The molecule has 2 amide bonds. The van der Waals surface area contributed by atoms with Gasteiger partial charge in [-0.05, 0) is 42.3 Å². The van der Waals surface area contributed by atoms with Crippen LogP contribution in [-0.4, -0.2) is 27.7 Å². The van der Waals surface area contributed by atoms with E-state index in [4.69, 9.17) is 10.5 Å². The fourth-order valence-electron chi connectivity index (χ4n) is 3.45. The number of rotatable bonds is 5. The number of carbonyl (C=O) groups excluding carboxylic acids is 1. The molecule has 0 aliphatic carbocycles. The first-order valence-electron chi connectivity index (χ1n) is 9.50. The first kappa shape index (κ1) is 20.3. The van der Waals surface area contributed by atoms with Crippen LogP contribution >= 0.6 is 0 Å². The number of fused-ring (bicyclic) bond motifs is 1. The maximum atomic E-state index is 14.9. The number of nitrogens with two attached hydrogens (primary N) is 1. The van der Waals surface area contributed by atoms with E-state index in [0.29, 0.717) is 28.9 Å². The summed E-state index contributed by atoms with van der Waals surface area (Å²) in [6.07, 6.45) is 3.12. The van der Waals surface area contributed by atoms with E-state index in [-0.39, 0.29) is 11.5 Å². The van der Waals surface area contributed by atoms with Gasteiger partial charge in [-0.1, -0.05) is 18.2 Å². The minimum Gasteiger partial charge on any atom is -0.382 e. The summed E-state index contributed by atoms with van der Waals surface area (Å²) in [7, 11) is 1.57. The van der Waals surface area contributed by atoms with Crippen LogP contribution in [0, 0.1) is 12.7 Å². The summed E-state index contributed by atoms with van der Waals surface area (Å²) in [5.74, 6) is -0.317. The van der Waals surface area contributed by atoms with Crippen molar-refractivity contribution >= 4 is 28.7 Å². The van der Waals surface area contributed by atoms with Crippen LogP contribution in [0.5, 0.6) is 0 Å². The molecule has 158 valence electrons. The lowest BCUT2D eigenvalue weighted by Gasteiger charge is -2.11. The van der Waals surface area contributed by atoms with E-state index in [2.05, 4.69) is 20.7 Å². The number of methoxy groups -OCH3 is 1. The lowest BCUT2D eigenvalue weighted by molar-refractivity contribution is 0.185. The second kappa shape index (κ2) is 8.41. The van der Waals surface area contributed by atoms with Crippen molar-refractivity contribution in [3.8, 4) is 11.1 Å². The second-order valence-corrected chi connectivity index (χ2v) is 7.04. The van der Waals surface area contributed by atoms with Gasteiger partial charge in [0, 0.05) is 30.1 Å². The molecule has 0 saturated carbocycles.